The van der Waals surface area contributed by atoms with Crippen LogP contribution in [0.15, 0.2) is 4.99 Å². The lowest BCUT2D eigenvalue weighted by Crippen LogP contribution is -2.14. The number of hydrogen-bond acceptors (Lipinski definition) is 2. The van der Waals surface area contributed by atoms with Crippen molar-refractivity contribution in [1.82, 2.24) is 5.32 Å². The van der Waals surface area contributed by atoms with Gasteiger partial charge in [-0.05, 0) is 6.42 Å². The highest BCUT2D eigenvalue weighted by molar-refractivity contribution is 5.56. The minimum atomic E-state index is 0.574. The first-order valence-corrected chi connectivity index (χ1v) is 3.68. The summed E-state index contributed by atoms with van der Waals surface area (Å²) in [6, 6.07) is 0.574. The predicted octanol–water partition coefficient (Wildman–Crippen LogP) is 1.18. The predicted molar refractivity (Wildman–Crippen MR) is 39.8 cm³/mol. The van der Waals surface area contributed by atoms with Crippen molar-refractivity contribution in [3.63, 3.8) is 0 Å². The van der Waals surface area contributed by atoms with Crippen molar-refractivity contribution in [2.75, 3.05) is 6.54 Å². The van der Waals surface area contributed by atoms with E-state index in [1.165, 1.54) is 19.3 Å². The summed E-state index contributed by atoms with van der Waals surface area (Å²) < 4.78 is 0. The minimum absolute atomic E-state index is 0.574. The quantitative estimate of drug-likeness (QED) is 0.603. The van der Waals surface area contributed by atoms with Crippen molar-refractivity contribution in [2.45, 2.75) is 32.2 Å². The fourth-order valence-corrected chi connectivity index (χ4v) is 1.02. The zero-order valence-electron chi connectivity index (χ0n) is 5.93. The van der Waals surface area contributed by atoms with Crippen LogP contribution in [0, 0.1) is 0 Å². The van der Waals surface area contributed by atoms with Crippen molar-refractivity contribution in [2.24, 2.45) is 4.99 Å². The summed E-state index contributed by atoms with van der Waals surface area (Å²) >= 11 is 0. The van der Waals surface area contributed by atoms with Crippen molar-refractivity contribution in [1.29, 1.82) is 0 Å². The summed E-state index contributed by atoms with van der Waals surface area (Å²) in [4.78, 5) is 4.24. The topological polar surface area (TPSA) is 24.4 Å². The molecule has 0 saturated heterocycles. The molecule has 1 unspecified atom stereocenters. The van der Waals surface area contributed by atoms with E-state index in [0.29, 0.717) is 6.04 Å². The summed E-state index contributed by atoms with van der Waals surface area (Å²) in [5.74, 6) is 0. The second kappa shape index (κ2) is 3.49. The van der Waals surface area contributed by atoms with E-state index in [2.05, 4.69) is 17.2 Å². The highest BCUT2D eigenvalue weighted by atomic mass is 15.0. The molecule has 1 atom stereocenters. The lowest BCUT2D eigenvalue weighted by Gasteiger charge is -2.02. The van der Waals surface area contributed by atoms with Gasteiger partial charge >= 0.3 is 0 Å². The SMILES string of the molecule is CCCCC1CNC=N1. The van der Waals surface area contributed by atoms with Crippen molar-refractivity contribution in [3.05, 3.63) is 0 Å². The maximum absolute atomic E-state index is 4.24. The van der Waals surface area contributed by atoms with E-state index in [0.717, 1.165) is 6.54 Å². The molecular formula is C7H14N2. The largest absolute Gasteiger partial charge is 0.374 e. The molecule has 1 rings (SSSR count). The molecule has 0 amide bonds. The van der Waals surface area contributed by atoms with Gasteiger partial charge in [0.25, 0.3) is 0 Å². The Morgan fingerprint density at radius 2 is 2.67 bits per heavy atom. The van der Waals surface area contributed by atoms with Crippen LogP contribution < -0.4 is 5.32 Å². The minimum Gasteiger partial charge on any atom is -0.374 e. The standard InChI is InChI=1S/C7H14N2/c1-2-3-4-7-5-8-6-9-7/h6-7H,2-5H2,1H3,(H,8,9). The van der Waals surface area contributed by atoms with Gasteiger partial charge in [0.15, 0.2) is 0 Å². The molecule has 0 aliphatic carbocycles. The van der Waals surface area contributed by atoms with Gasteiger partial charge in [-0.2, -0.15) is 0 Å². The van der Waals surface area contributed by atoms with E-state index < -0.39 is 0 Å². The highest BCUT2D eigenvalue weighted by Gasteiger charge is 2.07. The molecule has 0 fully saturated rings. The Balaban J connectivity index is 2.05. The summed E-state index contributed by atoms with van der Waals surface area (Å²) in [6.07, 6.45) is 5.66. The zero-order chi connectivity index (χ0) is 6.53. The smallest absolute Gasteiger partial charge is 0.0828 e. The Kier molecular flexibility index (Phi) is 2.55. The van der Waals surface area contributed by atoms with Gasteiger partial charge in [-0.3, -0.25) is 4.99 Å². The van der Waals surface area contributed by atoms with E-state index in [1.54, 1.807) is 0 Å². The van der Waals surface area contributed by atoms with Crippen LogP contribution in [-0.2, 0) is 0 Å². The summed E-state index contributed by atoms with van der Waals surface area (Å²) in [5.41, 5.74) is 0. The molecule has 2 heteroatoms. The van der Waals surface area contributed by atoms with Gasteiger partial charge in [0, 0.05) is 6.54 Å². The van der Waals surface area contributed by atoms with Crippen molar-refractivity contribution >= 4 is 6.34 Å². The second-order valence-electron chi connectivity index (χ2n) is 2.48. The van der Waals surface area contributed by atoms with Crippen molar-refractivity contribution < 1.29 is 0 Å². The van der Waals surface area contributed by atoms with Crippen LogP contribution in [0.4, 0.5) is 0 Å². The Morgan fingerprint density at radius 3 is 3.22 bits per heavy atom. The van der Waals surface area contributed by atoms with Gasteiger partial charge in [0.2, 0.25) is 0 Å². The summed E-state index contributed by atoms with van der Waals surface area (Å²) in [5, 5.41) is 3.09. The molecule has 0 spiro atoms. The molecular weight excluding hydrogens is 112 g/mol. The maximum Gasteiger partial charge on any atom is 0.0828 e. The number of nitrogens with one attached hydrogen (secondary N) is 1. The molecule has 1 heterocycles. The van der Waals surface area contributed by atoms with E-state index in [-0.39, 0.29) is 0 Å². The van der Waals surface area contributed by atoms with Gasteiger partial charge < -0.3 is 5.32 Å². The van der Waals surface area contributed by atoms with Gasteiger partial charge in [0.1, 0.15) is 0 Å². The van der Waals surface area contributed by atoms with E-state index in [9.17, 15) is 0 Å². The Labute approximate surface area is 56.4 Å². The molecule has 1 N–H and O–H groups in total. The summed E-state index contributed by atoms with van der Waals surface area (Å²) in [7, 11) is 0. The summed E-state index contributed by atoms with van der Waals surface area (Å²) in [6.45, 7) is 3.27. The zero-order valence-corrected chi connectivity index (χ0v) is 5.93. The Morgan fingerprint density at radius 1 is 1.78 bits per heavy atom. The van der Waals surface area contributed by atoms with Crippen LogP contribution in [0.25, 0.3) is 0 Å². The molecule has 0 radical (unpaired) electrons. The molecule has 0 aromatic carbocycles. The third kappa shape index (κ3) is 2.04. The fourth-order valence-electron chi connectivity index (χ4n) is 1.02. The van der Waals surface area contributed by atoms with Gasteiger partial charge in [-0.15, -0.1) is 0 Å². The third-order valence-electron chi connectivity index (χ3n) is 1.62. The van der Waals surface area contributed by atoms with Gasteiger partial charge in [-0.1, -0.05) is 19.8 Å². The molecule has 0 aromatic heterocycles. The normalized spacial score (nSPS) is 24.3. The van der Waals surface area contributed by atoms with Gasteiger partial charge in [-0.25, -0.2) is 0 Å². The second-order valence-corrected chi connectivity index (χ2v) is 2.48. The highest BCUT2D eigenvalue weighted by Crippen LogP contribution is 2.04. The number of hydrogen-bond donors (Lipinski definition) is 1. The number of unbranched alkanes of at least 4 members (excludes halogenated alkanes) is 1. The van der Waals surface area contributed by atoms with Crippen LogP contribution in [0.2, 0.25) is 0 Å². The lowest BCUT2D eigenvalue weighted by atomic mass is 10.1. The number of aliphatic imine (C=N–C) groups is 1. The number of nitrogens with zero attached hydrogens (tertiary/aromatic N) is 1. The van der Waals surface area contributed by atoms with Crippen LogP contribution in [0.1, 0.15) is 26.2 Å². The Bertz CT molecular complexity index is 99.1. The third-order valence-corrected chi connectivity index (χ3v) is 1.62. The van der Waals surface area contributed by atoms with E-state index in [1.807, 2.05) is 6.34 Å². The van der Waals surface area contributed by atoms with E-state index >= 15 is 0 Å². The Hall–Kier alpha value is -0.530. The molecule has 1 aliphatic rings. The molecule has 0 aromatic rings. The van der Waals surface area contributed by atoms with Gasteiger partial charge in [0.05, 0.1) is 12.4 Å². The molecule has 1 aliphatic heterocycles. The first-order valence-electron chi connectivity index (χ1n) is 3.68. The van der Waals surface area contributed by atoms with Crippen LogP contribution >= 0.6 is 0 Å². The fraction of sp³-hybridized carbons (Fsp3) is 0.857. The molecule has 9 heavy (non-hydrogen) atoms. The first-order chi connectivity index (χ1) is 4.43. The average Bonchev–Trinajstić information content (AvgIpc) is 2.34. The molecule has 0 bridgehead atoms. The molecule has 0 saturated carbocycles. The van der Waals surface area contributed by atoms with Crippen molar-refractivity contribution in [3.8, 4) is 0 Å². The average molecular weight is 126 g/mol. The van der Waals surface area contributed by atoms with Crippen LogP contribution in [0.3, 0.4) is 0 Å². The monoisotopic (exact) mass is 126 g/mol. The van der Waals surface area contributed by atoms with Crippen LogP contribution in [0.5, 0.6) is 0 Å². The number of rotatable bonds is 3. The molecule has 52 valence electrons. The maximum atomic E-state index is 4.24. The van der Waals surface area contributed by atoms with E-state index in [4.69, 9.17) is 0 Å². The van der Waals surface area contributed by atoms with Crippen LogP contribution in [-0.4, -0.2) is 18.9 Å². The molecule has 2 nitrogen and oxygen atoms in total. The first kappa shape index (κ1) is 6.59. The lowest BCUT2D eigenvalue weighted by molar-refractivity contribution is 0.595.